The van der Waals surface area contributed by atoms with Crippen LogP contribution in [0.15, 0.2) is 20.7 Å². The van der Waals surface area contributed by atoms with Crippen LogP contribution in [0.1, 0.15) is 36.6 Å². The number of nitrogens with two attached hydrogens (primary N) is 1. The van der Waals surface area contributed by atoms with Crippen molar-refractivity contribution in [1.82, 2.24) is 19.1 Å². The first-order valence-electron chi connectivity index (χ1n) is 10.0. The van der Waals surface area contributed by atoms with Crippen molar-refractivity contribution in [3.05, 3.63) is 48.0 Å². The number of aromatic nitrogens is 4. The number of H-pyrrole nitrogens is 1. The normalized spacial score (nSPS) is 11.2. The van der Waals surface area contributed by atoms with E-state index in [9.17, 15) is 19.2 Å². The van der Waals surface area contributed by atoms with Crippen molar-refractivity contribution in [1.29, 1.82) is 0 Å². The number of carbonyl (C=O) groups is 1. The van der Waals surface area contributed by atoms with Gasteiger partial charge in [0, 0.05) is 31.4 Å². The molecule has 3 aromatic rings. The first-order chi connectivity index (χ1) is 14.7. The molecule has 31 heavy (non-hydrogen) atoms. The number of nitrogens with zero attached hydrogens (tertiary/aromatic N) is 4. The topological polar surface area (TPSA) is 136 Å². The minimum atomic E-state index is -0.726. The molecule has 166 valence electrons. The monoisotopic (exact) mass is 446 g/mol. The Morgan fingerprint density at radius 3 is 2.65 bits per heavy atom. The number of nitrogens with one attached hydrogen (secondary N) is 1. The van der Waals surface area contributed by atoms with Gasteiger partial charge in [-0.1, -0.05) is 13.3 Å². The number of unbranched alkanes of at least 4 members (excludes halogenated alkanes) is 1. The van der Waals surface area contributed by atoms with Crippen molar-refractivity contribution >= 4 is 39.0 Å². The summed E-state index contributed by atoms with van der Waals surface area (Å²) in [6, 6.07) is 0. The Balaban J connectivity index is 1.85. The van der Waals surface area contributed by atoms with Gasteiger partial charge in [-0.3, -0.25) is 28.5 Å². The SMILES string of the molecule is CCCCn1c(N)c(N(C)C(=O)CCn2cnc3sc(C)c(C)c3c2=O)c(=O)[nH]c1=O. The van der Waals surface area contributed by atoms with Crippen LogP contribution >= 0.6 is 11.3 Å². The summed E-state index contributed by atoms with van der Waals surface area (Å²) in [4.78, 5) is 59.4. The lowest BCUT2D eigenvalue weighted by Gasteiger charge is -2.20. The van der Waals surface area contributed by atoms with Crippen LogP contribution in [0.25, 0.3) is 10.2 Å². The number of amides is 1. The molecule has 0 aliphatic carbocycles. The lowest BCUT2D eigenvalue weighted by molar-refractivity contribution is -0.118. The van der Waals surface area contributed by atoms with Gasteiger partial charge in [-0.15, -0.1) is 11.3 Å². The zero-order valence-electron chi connectivity index (χ0n) is 18.0. The van der Waals surface area contributed by atoms with Gasteiger partial charge in [-0.2, -0.15) is 0 Å². The molecule has 10 nitrogen and oxygen atoms in total. The second-order valence-corrected chi connectivity index (χ2v) is 8.61. The molecule has 0 aliphatic rings. The van der Waals surface area contributed by atoms with Gasteiger partial charge >= 0.3 is 5.69 Å². The van der Waals surface area contributed by atoms with E-state index < -0.39 is 17.2 Å². The second kappa shape index (κ2) is 8.88. The summed E-state index contributed by atoms with van der Waals surface area (Å²) in [6.45, 7) is 6.23. The highest BCUT2D eigenvalue weighted by Gasteiger charge is 2.21. The number of hydrogen-bond acceptors (Lipinski definition) is 7. The fraction of sp³-hybridized carbons (Fsp3) is 0.450. The zero-order chi connectivity index (χ0) is 22.9. The number of thiophene rings is 1. The van der Waals surface area contributed by atoms with E-state index in [2.05, 4.69) is 9.97 Å². The van der Waals surface area contributed by atoms with Crippen molar-refractivity contribution in [2.75, 3.05) is 17.7 Å². The third kappa shape index (κ3) is 4.18. The van der Waals surface area contributed by atoms with E-state index in [1.807, 2.05) is 20.8 Å². The summed E-state index contributed by atoms with van der Waals surface area (Å²) in [5.41, 5.74) is 5.35. The molecule has 3 N–H and O–H groups in total. The molecule has 3 aromatic heterocycles. The highest BCUT2D eigenvalue weighted by Crippen LogP contribution is 2.25. The van der Waals surface area contributed by atoms with Crippen LogP contribution in [0.5, 0.6) is 0 Å². The van der Waals surface area contributed by atoms with Crippen molar-refractivity contribution < 1.29 is 4.79 Å². The summed E-state index contributed by atoms with van der Waals surface area (Å²) >= 11 is 1.46. The average molecular weight is 447 g/mol. The number of hydrogen-bond donors (Lipinski definition) is 2. The number of anilines is 2. The molecule has 11 heteroatoms. The Kier molecular flexibility index (Phi) is 6.44. The fourth-order valence-corrected chi connectivity index (χ4v) is 4.36. The van der Waals surface area contributed by atoms with Gasteiger partial charge in [0.25, 0.3) is 11.1 Å². The number of nitrogen functional groups attached to an aromatic ring is 1. The molecule has 0 radical (unpaired) electrons. The van der Waals surface area contributed by atoms with Gasteiger partial charge in [0.2, 0.25) is 5.91 Å². The van der Waals surface area contributed by atoms with Crippen LogP contribution in [0.3, 0.4) is 0 Å². The van der Waals surface area contributed by atoms with Crippen LogP contribution in [0.2, 0.25) is 0 Å². The quantitative estimate of drug-likeness (QED) is 0.562. The average Bonchev–Trinajstić information content (AvgIpc) is 3.01. The third-order valence-corrected chi connectivity index (χ3v) is 6.50. The van der Waals surface area contributed by atoms with E-state index in [0.717, 1.165) is 21.8 Å². The fourth-order valence-electron chi connectivity index (χ4n) is 3.38. The van der Waals surface area contributed by atoms with Crippen LogP contribution in [-0.4, -0.2) is 32.1 Å². The lowest BCUT2D eigenvalue weighted by atomic mass is 10.2. The Labute approximate surface area is 182 Å². The molecule has 3 rings (SSSR count). The van der Waals surface area contributed by atoms with Gasteiger partial charge in [-0.25, -0.2) is 9.78 Å². The summed E-state index contributed by atoms with van der Waals surface area (Å²) in [7, 11) is 1.43. The Bertz CT molecular complexity index is 1320. The van der Waals surface area contributed by atoms with Gasteiger partial charge in [0.15, 0.2) is 5.69 Å². The Hall–Kier alpha value is -3.21. The predicted octanol–water partition coefficient (Wildman–Crippen LogP) is 1.36. The molecular formula is C20H26N6O4S. The molecular weight excluding hydrogens is 420 g/mol. The maximum Gasteiger partial charge on any atom is 0.330 e. The van der Waals surface area contributed by atoms with Gasteiger partial charge in [0.05, 0.1) is 11.7 Å². The van der Waals surface area contributed by atoms with E-state index in [1.165, 1.54) is 33.8 Å². The van der Waals surface area contributed by atoms with Gasteiger partial charge < -0.3 is 10.6 Å². The van der Waals surface area contributed by atoms with Crippen molar-refractivity contribution in [2.45, 2.75) is 53.1 Å². The van der Waals surface area contributed by atoms with Crippen LogP contribution in [-0.2, 0) is 17.9 Å². The number of carbonyl (C=O) groups excluding carboxylic acids is 1. The number of rotatable bonds is 7. The minimum Gasteiger partial charge on any atom is -0.383 e. The summed E-state index contributed by atoms with van der Waals surface area (Å²) < 4.78 is 2.65. The second-order valence-electron chi connectivity index (χ2n) is 7.41. The summed E-state index contributed by atoms with van der Waals surface area (Å²) in [6.07, 6.45) is 2.93. The maximum atomic E-state index is 12.8. The Morgan fingerprint density at radius 1 is 1.26 bits per heavy atom. The molecule has 0 atom stereocenters. The van der Waals surface area contributed by atoms with Crippen molar-refractivity contribution in [3.8, 4) is 0 Å². The first kappa shape index (κ1) is 22.5. The molecule has 1 amide bonds. The summed E-state index contributed by atoms with van der Waals surface area (Å²) in [5, 5.41) is 0.564. The molecule has 0 saturated heterocycles. The number of aryl methyl sites for hydroxylation is 3. The molecule has 0 spiro atoms. The van der Waals surface area contributed by atoms with Crippen molar-refractivity contribution in [3.63, 3.8) is 0 Å². The maximum absolute atomic E-state index is 12.8. The first-order valence-corrected chi connectivity index (χ1v) is 10.8. The van der Waals surface area contributed by atoms with Crippen LogP contribution in [0, 0.1) is 13.8 Å². The molecule has 0 bridgehead atoms. The van der Waals surface area contributed by atoms with Crippen LogP contribution in [0.4, 0.5) is 11.5 Å². The van der Waals surface area contributed by atoms with E-state index in [4.69, 9.17) is 5.73 Å². The molecule has 0 aromatic carbocycles. The van der Waals surface area contributed by atoms with Crippen molar-refractivity contribution in [2.24, 2.45) is 0 Å². The molecule has 3 heterocycles. The smallest absolute Gasteiger partial charge is 0.330 e. The molecule has 0 fully saturated rings. The highest BCUT2D eigenvalue weighted by molar-refractivity contribution is 7.18. The van der Waals surface area contributed by atoms with Gasteiger partial charge in [-0.05, 0) is 25.8 Å². The molecule has 0 aliphatic heterocycles. The summed E-state index contributed by atoms with van der Waals surface area (Å²) in [5.74, 6) is -0.467. The molecule has 0 saturated carbocycles. The lowest BCUT2D eigenvalue weighted by Crippen LogP contribution is -2.39. The van der Waals surface area contributed by atoms with Gasteiger partial charge in [0.1, 0.15) is 10.6 Å². The van der Waals surface area contributed by atoms with E-state index in [1.54, 1.807) is 0 Å². The predicted molar refractivity (Wildman–Crippen MR) is 122 cm³/mol. The van der Waals surface area contributed by atoms with E-state index in [-0.39, 0.29) is 30.0 Å². The standard InChI is InChI=1S/C20H26N6O4S/c1-5-6-8-26-16(21)15(17(28)23-20(26)30)24(4)13(27)7-9-25-10-22-18-14(19(25)29)11(2)12(3)31-18/h10H,5-9,21H2,1-4H3,(H,23,28,30). The zero-order valence-corrected chi connectivity index (χ0v) is 18.8. The number of fused-ring (bicyclic) bond motifs is 1. The molecule has 0 unspecified atom stereocenters. The third-order valence-electron chi connectivity index (χ3n) is 5.38. The highest BCUT2D eigenvalue weighted by atomic mass is 32.1. The minimum absolute atomic E-state index is 0.0429. The van der Waals surface area contributed by atoms with E-state index >= 15 is 0 Å². The Morgan fingerprint density at radius 2 is 1.97 bits per heavy atom. The van der Waals surface area contributed by atoms with E-state index in [0.29, 0.717) is 23.2 Å². The largest absolute Gasteiger partial charge is 0.383 e. The number of aromatic amines is 1. The van der Waals surface area contributed by atoms with Crippen LogP contribution < -0.4 is 27.4 Å².